The van der Waals surface area contributed by atoms with E-state index in [9.17, 15) is 15.0 Å². The lowest BCUT2D eigenvalue weighted by molar-refractivity contribution is -0.0528. The van der Waals surface area contributed by atoms with Crippen LogP contribution in [-0.4, -0.2) is 49.3 Å². The van der Waals surface area contributed by atoms with Crippen LogP contribution in [0.2, 0.25) is 0 Å². The molecular formula is C11H15N5O4. The van der Waals surface area contributed by atoms with Crippen LogP contribution in [0.1, 0.15) is 15.9 Å². The minimum absolute atomic E-state index is 0.127. The van der Waals surface area contributed by atoms with Gasteiger partial charge in [-0.2, -0.15) is 14.8 Å². The fourth-order valence-corrected chi connectivity index (χ4v) is 1.96. The van der Waals surface area contributed by atoms with E-state index in [0.717, 1.165) is 6.20 Å². The number of hydrogen-bond donors (Lipinski definition) is 4. The van der Waals surface area contributed by atoms with Gasteiger partial charge in [0.05, 0.1) is 15.5 Å². The van der Waals surface area contributed by atoms with Crippen LogP contribution in [0.25, 0.3) is 0 Å². The Balaban J connectivity index is 2.57. The zero-order valence-corrected chi connectivity index (χ0v) is 10.5. The first-order valence-corrected chi connectivity index (χ1v) is 5.61. The minimum Gasteiger partial charge on any atom is -0.394 e. The molecule has 4 atom stereocenters. The number of rotatable bonds is 2. The molecule has 1 fully saturated rings. The van der Waals surface area contributed by atoms with Crippen LogP contribution < -0.4 is 17.2 Å². The molecule has 108 valence electrons. The maximum absolute atomic E-state index is 11.9. The number of ether oxygens (including phenoxy) is 1. The number of aliphatic hydroxyl groups excluding tert-OH is 1. The van der Waals surface area contributed by atoms with Crippen LogP contribution in [-0.2, 0) is 4.74 Å². The molecule has 0 aromatic carbocycles. The monoisotopic (exact) mass is 283 g/mol. The molecule has 1 aliphatic rings. The molecule has 0 aliphatic carbocycles. The first-order chi connectivity index (χ1) is 10.1. The van der Waals surface area contributed by atoms with Crippen molar-refractivity contribution in [1.82, 2.24) is 14.8 Å². The van der Waals surface area contributed by atoms with Gasteiger partial charge in [0.1, 0.15) is 18.0 Å². The van der Waals surface area contributed by atoms with Gasteiger partial charge in [-0.1, -0.05) is 5.92 Å². The predicted molar refractivity (Wildman–Crippen MR) is 68.1 cm³/mol. The number of anilines is 1. The van der Waals surface area contributed by atoms with Gasteiger partial charge in [-0.3, -0.25) is 0 Å². The van der Waals surface area contributed by atoms with E-state index in [0.29, 0.717) is 4.68 Å². The van der Waals surface area contributed by atoms with E-state index in [4.69, 9.17) is 18.9 Å². The van der Waals surface area contributed by atoms with Gasteiger partial charge >= 0.3 is 5.69 Å². The second-order valence-corrected chi connectivity index (χ2v) is 4.20. The molecule has 20 heavy (non-hydrogen) atoms. The van der Waals surface area contributed by atoms with Crippen molar-refractivity contribution in [2.75, 3.05) is 12.3 Å². The Labute approximate surface area is 117 Å². The van der Waals surface area contributed by atoms with E-state index in [-0.39, 0.29) is 5.82 Å². The van der Waals surface area contributed by atoms with Gasteiger partial charge in [-0.15, -0.1) is 5.92 Å². The molecule has 9 nitrogen and oxygen atoms in total. The van der Waals surface area contributed by atoms with Crippen molar-refractivity contribution in [1.29, 1.82) is 0 Å². The largest absolute Gasteiger partial charge is 0.394 e. The molecule has 6 N–H and O–H groups in total. The number of aromatic nitrogens is 3. The topological polar surface area (TPSA) is 150 Å². The van der Waals surface area contributed by atoms with E-state index < -0.39 is 36.2 Å². The predicted octanol–water partition coefficient (Wildman–Crippen LogP) is -2.81. The lowest BCUT2D eigenvalue weighted by atomic mass is 9.92. The fourth-order valence-electron chi connectivity index (χ4n) is 1.96. The molecule has 0 spiro atoms. The van der Waals surface area contributed by atoms with Crippen LogP contribution in [0.3, 0.4) is 0 Å². The summed E-state index contributed by atoms with van der Waals surface area (Å²) in [6, 6.07) is 0. The minimum atomic E-state index is -2.90. The Morgan fingerprint density at radius 2 is 2.45 bits per heavy atom. The quantitative estimate of drug-likeness (QED) is 0.425. The Hall–Kier alpha value is -1.99. The third-order valence-electron chi connectivity index (χ3n) is 2.89. The molecule has 0 radical (unpaired) electrons. The zero-order valence-electron chi connectivity index (χ0n) is 12.5. The number of aliphatic hydroxyl groups is 2. The van der Waals surface area contributed by atoms with E-state index in [2.05, 4.69) is 21.9 Å². The van der Waals surface area contributed by atoms with Gasteiger partial charge in [0, 0.05) is 0 Å². The van der Waals surface area contributed by atoms with Crippen molar-refractivity contribution < 1.29 is 17.7 Å². The summed E-state index contributed by atoms with van der Waals surface area (Å²) in [6.45, 7) is -1.46. The smallest absolute Gasteiger partial charge is 0.368 e. The Morgan fingerprint density at radius 3 is 3.00 bits per heavy atom. The van der Waals surface area contributed by atoms with Gasteiger partial charge < -0.3 is 26.4 Å². The highest BCUT2D eigenvalue weighted by atomic mass is 16.5. The third kappa shape index (κ3) is 2.14. The average Bonchev–Trinajstić information content (AvgIpc) is 2.63. The van der Waals surface area contributed by atoms with Crippen LogP contribution in [0, 0.1) is 11.8 Å². The molecule has 0 amide bonds. The van der Waals surface area contributed by atoms with E-state index in [1.165, 1.54) is 6.92 Å². The number of nitrogen functional groups attached to an aromatic ring is 1. The Bertz CT molecular complexity index is 694. The van der Waals surface area contributed by atoms with Crippen molar-refractivity contribution in [3.05, 3.63) is 16.7 Å². The Kier molecular flexibility index (Phi) is 3.06. The molecule has 1 aromatic heterocycles. The standard InChI is InChI=1S/C11H15N5O4/c1-2-3-11(13)8(18)6(5-17)20-9(11)16-10(19)15-7(12)4-14-16/h4,6,8-9,17-18H,5,13H2,1H3,(H2,12,15,19)/t6-,8+,9-,11?/m1/s1/i5D2. The highest BCUT2D eigenvalue weighted by Gasteiger charge is 2.54. The van der Waals surface area contributed by atoms with E-state index in [1.54, 1.807) is 0 Å². The van der Waals surface area contributed by atoms with Crippen LogP contribution >= 0.6 is 0 Å². The van der Waals surface area contributed by atoms with Gasteiger partial charge in [-0.25, -0.2) is 4.79 Å². The summed E-state index contributed by atoms with van der Waals surface area (Å²) < 4.78 is 20.5. The fraction of sp³-hybridized carbons (Fsp3) is 0.545. The zero-order chi connectivity index (χ0) is 16.7. The molecule has 2 rings (SSSR count). The van der Waals surface area contributed by atoms with Crippen molar-refractivity contribution in [3.63, 3.8) is 0 Å². The summed E-state index contributed by atoms with van der Waals surface area (Å²) in [5.74, 6) is 4.83. The van der Waals surface area contributed by atoms with Crippen LogP contribution in [0.15, 0.2) is 11.0 Å². The molecule has 9 heteroatoms. The summed E-state index contributed by atoms with van der Waals surface area (Å²) >= 11 is 0. The summed E-state index contributed by atoms with van der Waals surface area (Å²) in [5, 5.41) is 23.4. The summed E-state index contributed by atoms with van der Waals surface area (Å²) in [7, 11) is 0. The number of nitrogens with two attached hydrogens (primary N) is 2. The van der Waals surface area contributed by atoms with Crippen molar-refractivity contribution in [2.24, 2.45) is 5.73 Å². The van der Waals surface area contributed by atoms with E-state index in [1.807, 2.05) is 0 Å². The molecule has 1 saturated heterocycles. The summed E-state index contributed by atoms with van der Waals surface area (Å²) in [4.78, 5) is 15.3. The number of hydrogen-bond acceptors (Lipinski definition) is 8. The average molecular weight is 283 g/mol. The maximum Gasteiger partial charge on any atom is 0.368 e. The first kappa shape index (κ1) is 11.8. The molecular weight excluding hydrogens is 266 g/mol. The van der Waals surface area contributed by atoms with Gasteiger partial charge in [0.25, 0.3) is 0 Å². The molecule has 1 aromatic rings. The second kappa shape index (κ2) is 5.18. The highest BCUT2D eigenvalue weighted by molar-refractivity contribution is 5.25. The SMILES string of the molecule is [2H]C([2H])(O)[C@H]1O[C@@H](n2ncc(N)nc2=O)C(N)(C#CC)[C@H]1O. The highest BCUT2D eigenvalue weighted by Crippen LogP contribution is 2.34. The summed E-state index contributed by atoms with van der Waals surface area (Å²) in [5.41, 5.74) is 8.55. The lowest BCUT2D eigenvalue weighted by Crippen LogP contribution is -2.55. The molecule has 1 aliphatic heterocycles. The first-order valence-electron chi connectivity index (χ1n) is 6.61. The van der Waals surface area contributed by atoms with Crippen LogP contribution in [0.4, 0.5) is 5.82 Å². The Morgan fingerprint density at radius 1 is 1.75 bits per heavy atom. The van der Waals surface area contributed by atoms with Gasteiger partial charge in [0.2, 0.25) is 0 Å². The van der Waals surface area contributed by atoms with Crippen molar-refractivity contribution in [3.8, 4) is 11.8 Å². The molecule has 0 saturated carbocycles. The normalized spacial score (nSPS) is 34.9. The lowest BCUT2D eigenvalue weighted by Gasteiger charge is -2.26. The van der Waals surface area contributed by atoms with Crippen molar-refractivity contribution >= 4 is 5.82 Å². The molecule has 0 bridgehead atoms. The number of nitrogens with zero attached hydrogens (tertiary/aromatic N) is 3. The molecule has 1 unspecified atom stereocenters. The van der Waals surface area contributed by atoms with E-state index >= 15 is 0 Å². The second-order valence-electron chi connectivity index (χ2n) is 4.20. The van der Waals surface area contributed by atoms with Crippen molar-refractivity contribution in [2.45, 2.75) is 30.9 Å². The van der Waals surface area contributed by atoms with Gasteiger partial charge in [-0.05, 0) is 6.92 Å². The third-order valence-corrected chi connectivity index (χ3v) is 2.89. The molecule has 2 heterocycles. The summed E-state index contributed by atoms with van der Waals surface area (Å²) in [6.07, 6.45) is -3.83. The van der Waals surface area contributed by atoms with Gasteiger partial charge in [0.15, 0.2) is 11.8 Å². The van der Waals surface area contributed by atoms with Crippen LogP contribution in [0.5, 0.6) is 0 Å². The maximum atomic E-state index is 11.9.